The molecule has 3 rings (SSSR count). The molecule has 0 saturated carbocycles. The molecule has 1 amide bonds. The molecule has 3 heterocycles. The zero-order valence-corrected chi connectivity index (χ0v) is 15.0. The molecular weight excluding hydrogens is 335 g/mol. The van der Waals surface area contributed by atoms with Crippen molar-refractivity contribution in [3.8, 4) is 0 Å². The van der Waals surface area contributed by atoms with Crippen LogP contribution in [-0.2, 0) is 0 Å². The molecule has 1 unspecified atom stereocenters. The van der Waals surface area contributed by atoms with Crippen LogP contribution in [0.1, 0.15) is 42.5 Å². The first-order valence-corrected chi connectivity index (χ1v) is 8.00. The minimum Gasteiger partial charge on any atom is -0.356 e. The van der Waals surface area contributed by atoms with Crippen LogP contribution in [0.4, 0.5) is 5.82 Å². The van der Waals surface area contributed by atoms with E-state index >= 15 is 0 Å². The molecule has 0 spiro atoms. The fourth-order valence-corrected chi connectivity index (χ4v) is 3.29. The van der Waals surface area contributed by atoms with Gasteiger partial charge in [-0.25, -0.2) is 4.98 Å². The maximum atomic E-state index is 12.8. The van der Waals surface area contributed by atoms with Crippen molar-refractivity contribution in [2.24, 2.45) is 5.73 Å². The Hall–Kier alpha value is -1.04. The highest BCUT2D eigenvalue weighted by atomic mass is 35.5. The van der Waals surface area contributed by atoms with Crippen molar-refractivity contribution in [2.75, 3.05) is 31.1 Å². The molecule has 7 heteroatoms. The second-order valence-electron chi connectivity index (χ2n) is 6.08. The molecular formula is C16H26Cl2N4O. The van der Waals surface area contributed by atoms with Crippen LogP contribution < -0.4 is 10.6 Å². The number of carbonyl (C=O) groups excluding carboxylic acids is 1. The number of pyridine rings is 1. The van der Waals surface area contributed by atoms with Gasteiger partial charge in [0.05, 0.1) is 5.56 Å². The number of nitrogens with zero attached hydrogens (tertiary/aromatic N) is 3. The number of hydrogen-bond acceptors (Lipinski definition) is 4. The summed E-state index contributed by atoms with van der Waals surface area (Å²) in [5.74, 6) is 0.931. The molecule has 2 N–H and O–H groups in total. The number of anilines is 1. The second-order valence-corrected chi connectivity index (χ2v) is 6.08. The largest absolute Gasteiger partial charge is 0.356 e. The van der Waals surface area contributed by atoms with Gasteiger partial charge in [-0.2, -0.15) is 0 Å². The molecule has 130 valence electrons. The smallest absolute Gasteiger partial charge is 0.257 e. The third-order valence-corrected chi connectivity index (χ3v) is 4.42. The number of likely N-dealkylation sites (tertiary alicyclic amines) is 1. The average Bonchev–Trinajstić information content (AvgIpc) is 2.55. The second kappa shape index (κ2) is 9.30. The number of aromatic nitrogens is 1. The fraction of sp³-hybridized carbons (Fsp3) is 0.625. The van der Waals surface area contributed by atoms with Crippen LogP contribution in [0.25, 0.3) is 0 Å². The van der Waals surface area contributed by atoms with Crippen LogP contribution in [0.3, 0.4) is 0 Å². The molecule has 23 heavy (non-hydrogen) atoms. The Labute approximate surface area is 150 Å². The van der Waals surface area contributed by atoms with Crippen molar-refractivity contribution in [1.29, 1.82) is 0 Å². The van der Waals surface area contributed by atoms with Gasteiger partial charge in [-0.05, 0) is 44.2 Å². The molecule has 5 nitrogen and oxygen atoms in total. The normalized spacial score (nSPS) is 21.2. The summed E-state index contributed by atoms with van der Waals surface area (Å²) in [6.45, 7) is 3.46. The molecule has 1 aromatic heterocycles. The molecule has 0 aromatic carbocycles. The van der Waals surface area contributed by atoms with Gasteiger partial charge in [0.1, 0.15) is 5.82 Å². The minimum absolute atomic E-state index is 0. The van der Waals surface area contributed by atoms with Gasteiger partial charge in [0.2, 0.25) is 0 Å². The predicted octanol–water partition coefficient (Wildman–Crippen LogP) is 2.48. The van der Waals surface area contributed by atoms with Gasteiger partial charge in [0.25, 0.3) is 5.91 Å². The van der Waals surface area contributed by atoms with Crippen LogP contribution >= 0.6 is 24.8 Å². The molecule has 2 aliphatic heterocycles. The van der Waals surface area contributed by atoms with Crippen LogP contribution in [-0.4, -0.2) is 48.0 Å². The molecule has 1 atom stereocenters. The molecule has 2 saturated heterocycles. The van der Waals surface area contributed by atoms with E-state index in [1.807, 2.05) is 17.0 Å². The summed E-state index contributed by atoms with van der Waals surface area (Å²) in [5, 5.41) is 0. The quantitative estimate of drug-likeness (QED) is 0.879. The number of halogens is 2. The Morgan fingerprint density at radius 2 is 1.87 bits per heavy atom. The van der Waals surface area contributed by atoms with Crippen LogP contribution in [0, 0.1) is 0 Å². The Kier molecular flexibility index (Phi) is 8.09. The van der Waals surface area contributed by atoms with Gasteiger partial charge in [-0.3, -0.25) is 4.79 Å². The summed E-state index contributed by atoms with van der Waals surface area (Å²) in [5.41, 5.74) is 6.73. The molecule has 2 aliphatic rings. The third kappa shape index (κ3) is 4.72. The molecule has 2 fully saturated rings. The van der Waals surface area contributed by atoms with E-state index in [-0.39, 0.29) is 36.8 Å². The average molecular weight is 361 g/mol. The number of hydrogen-bond donors (Lipinski definition) is 1. The maximum absolute atomic E-state index is 12.8. The van der Waals surface area contributed by atoms with Crippen molar-refractivity contribution in [3.63, 3.8) is 0 Å². The van der Waals surface area contributed by atoms with E-state index in [0.29, 0.717) is 6.54 Å². The number of piperidine rings is 2. The zero-order chi connectivity index (χ0) is 14.7. The van der Waals surface area contributed by atoms with E-state index in [0.717, 1.165) is 43.9 Å². The van der Waals surface area contributed by atoms with Crippen LogP contribution in [0.5, 0.6) is 0 Å². The predicted molar refractivity (Wildman–Crippen MR) is 97.9 cm³/mol. The highest BCUT2D eigenvalue weighted by molar-refractivity contribution is 5.99. The lowest BCUT2D eigenvalue weighted by Crippen LogP contribution is -2.46. The monoisotopic (exact) mass is 360 g/mol. The Bertz CT molecular complexity index is 509. The summed E-state index contributed by atoms with van der Waals surface area (Å²) >= 11 is 0. The number of carbonyl (C=O) groups is 1. The fourth-order valence-electron chi connectivity index (χ4n) is 3.29. The van der Waals surface area contributed by atoms with Crippen molar-refractivity contribution >= 4 is 36.5 Å². The minimum atomic E-state index is 0. The van der Waals surface area contributed by atoms with Gasteiger partial charge in [-0.15, -0.1) is 24.8 Å². The third-order valence-electron chi connectivity index (χ3n) is 4.42. The van der Waals surface area contributed by atoms with Gasteiger partial charge >= 0.3 is 0 Å². The first-order chi connectivity index (χ1) is 10.3. The molecule has 0 aliphatic carbocycles. The lowest BCUT2D eigenvalue weighted by Gasteiger charge is -2.33. The Morgan fingerprint density at radius 1 is 1.13 bits per heavy atom. The summed E-state index contributed by atoms with van der Waals surface area (Å²) in [7, 11) is 0. The van der Waals surface area contributed by atoms with Gasteiger partial charge in [0, 0.05) is 38.4 Å². The molecule has 0 bridgehead atoms. The van der Waals surface area contributed by atoms with Gasteiger partial charge in [-0.1, -0.05) is 0 Å². The SMILES string of the molecule is Cl.Cl.NC1CCCN(C(=O)c2cccnc2N2CCCCC2)C1. The number of nitrogens with two attached hydrogens (primary N) is 1. The Morgan fingerprint density at radius 3 is 2.57 bits per heavy atom. The molecule has 0 radical (unpaired) electrons. The summed E-state index contributed by atoms with van der Waals surface area (Å²) in [6, 6.07) is 3.86. The van der Waals surface area contributed by atoms with Gasteiger partial charge in [0.15, 0.2) is 0 Å². The summed E-state index contributed by atoms with van der Waals surface area (Å²) in [6.07, 6.45) is 7.41. The van der Waals surface area contributed by atoms with Crippen molar-refractivity contribution in [1.82, 2.24) is 9.88 Å². The van der Waals surface area contributed by atoms with Crippen LogP contribution in [0.15, 0.2) is 18.3 Å². The van der Waals surface area contributed by atoms with E-state index in [2.05, 4.69) is 9.88 Å². The topological polar surface area (TPSA) is 62.5 Å². The Balaban J connectivity index is 0.00000132. The number of rotatable bonds is 2. The lowest BCUT2D eigenvalue weighted by atomic mass is 10.0. The van der Waals surface area contributed by atoms with E-state index in [4.69, 9.17) is 5.73 Å². The first kappa shape index (κ1) is 20.0. The van der Waals surface area contributed by atoms with E-state index < -0.39 is 0 Å². The van der Waals surface area contributed by atoms with E-state index in [9.17, 15) is 4.79 Å². The first-order valence-electron chi connectivity index (χ1n) is 8.00. The van der Waals surface area contributed by atoms with Crippen molar-refractivity contribution in [2.45, 2.75) is 38.1 Å². The highest BCUT2D eigenvalue weighted by Crippen LogP contribution is 2.23. The summed E-state index contributed by atoms with van der Waals surface area (Å²) < 4.78 is 0. The maximum Gasteiger partial charge on any atom is 0.257 e. The lowest BCUT2D eigenvalue weighted by molar-refractivity contribution is 0.0709. The van der Waals surface area contributed by atoms with E-state index in [1.165, 1.54) is 19.3 Å². The number of amides is 1. The summed E-state index contributed by atoms with van der Waals surface area (Å²) in [4.78, 5) is 21.4. The van der Waals surface area contributed by atoms with Crippen molar-refractivity contribution in [3.05, 3.63) is 23.9 Å². The zero-order valence-electron chi connectivity index (χ0n) is 13.3. The highest BCUT2D eigenvalue weighted by Gasteiger charge is 2.26. The van der Waals surface area contributed by atoms with E-state index in [1.54, 1.807) is 6.20 Å². The van der Waals surface area contributed by atoms with Crippen molar-refractivity contribution < 1.29 is 4.79 Å². The standard InChI is InChI=1S/C16H24N4O.2ClH/c17-13-6-5-11-20(12-13)16(21)14-7-4-8-18-15(14)19-9-2-1-3-10-19;;/h4,7-8,13H,1-3,5-6,9-12,17H2;2*1H. The van der Waals surface area contributed by atoms with Gasteiger partial charge < -0.3 is 15.5 Å². The van der Waals surface area contributed by atoms with Crippen LogP contribution in [0.2, 0.25) is 0 Å². The molecule has 1 aromatic rings.